The predicted octanol–water partition coefficient (Wildman–Crippen LogP) is 3.87. The smallest absolute Gasteiger partial charge is 0.348 e. The van der Waals surface area contributed by atoms with Gasteiger partial charge in [-0.25, -0.2) is 14.4 Å². The number of carboxylic acid groups (broad SMARTS) is 1. The molecule has 1 aliphatic heterocycles. The first-order valence-corrected chi connectivity index (χ1v) is 13.2. The van der Waals surface area contributed by atoms with Crippen molar-refractivity contribution >= 4 is 23.8 Å². The van der Waals surface area contributed by atoms with Gasteiger partial charge in [-0.15, -0.1) is 0 Å². The topological polar surface area (TPSA) is 130 Å². The van der Waals surface area contributed by atoms with Gasteiger partial charge in [-0.1, -0.05) is 59.5 Å². The summed E-state index contributed by atoms with van der Waals surface area (Å²) in [5.41, 5.74) is 0.736. The van der Waals surface area contributed by atoms with Crippen LogP contribution in [0.15, 0.2) is 11.6 Å². The molecule has 206 valence electrons. The molecule has 1 heterocycles. The second kappa shape index (κ2) is 15.6. The van der Waals surface area contributed by atoms with Crippen LogP contribution in [0.3, 0.4) is 0 Å². The number of aliphatic hydroxyl groups is 1. The number of allylic oxidation sites excluding steroid dienone is 1. The van der Waals surface area contributed by atoms with Gasteiger partial charge >= 0.3 is 17.9 Å². The maximum atomic E-state index is 13.2. The highest BCUT2D eigenvalue weighted by Crippen LogP contribution is 2.25. The van der Waals surface area contributed by atoms with Gasteiger partial charge in [-0.05, 0) is 45.1 Å². The van der Waals surface area contributed by atoms with Crippen molar-refractivity contribution in [3.8, 4) is 0 Å². The van der Waals surface area contributed by atoms with Crippen LogP contribution in [0.1, 0.15) is 92.9 Å². The fourth-order valence-corrected chi connectivity index (χ4v) is 4.22. The third-order valence-electron chi connectivity index (χ3n) is 6.63. The lowest BCUT2D eigenvalue weighted by molar-refractivity contribution is -0.181. The highest BCUT2D eigenvalue weighted by atomic mass is 16.6. The summed E-state index contributed by atoms with van der Waals surface area (Å²) < 4.78 is 10.3. The molecule has 5 atom stereocenters. The molecule has 0 bridgehead atoms. The van der Waals surface area contributed by atoms with Crippen LogP contribution in [-0.4, -0.2) is 69.8 Å². The van der Waals surface area contributed by atoms with E-state index in [2.05, 4.69) is 6.92 Å². The second-order valence-corrected chi connectivity index (χ2v) is 10.1. The first kappa shape index (κ1) is 31.6. The zero-order chi connectivity index (χ0) is 27.4. The second-order valence-electron chi connectivity index (χ2n) is 10.1. The van der Waals surface area contributed by atoms with E-state index in [0.29, 0.717) is 19.4 Å². The molecule has 1 saturated heterocycles. The van der Waals surface area contributed by atoms with E-state index in [9.17, 15) is 24.3 Å². The molecule has 2 N–H and O–H groups in total. The summed E-state index contributed by atoms with van der Waals surface area (Å²) in [5.74, 6) is -4.52. The van der Waals surface area contributed by atoms with E-state index in [0.717, 1.165) is 24.8 Å². The Morgan fingerprint density at radius 1 is 1.03 bits per heavy atom. The number of amides is 1. The predicted molar refractivity (Wildman–Crippen MR) is 135 cm³/mol. The molecular weight excluding hydrogens is 466 g/mol. The van der Waals surface area contributed by atoms with Crippen molar-refractivity contribution in [3.63, 3.8) is 0 Å². The number of carbonyl (C=O) groups is 4. The van der Waals surface area contributed by atoms with Crippen molar-refractivity contribution < 1.29 is 38.9 Å². The molecule has 0 aromatic carbocycles. The Labute approximate surface area is 215 Å². The summed E-state index contributed by atoms with van der Waals surface area (Å²) in [6.45, 7) is 10.5. The molecular formula is C27H45NO8. The SMILES string of the molecule is CCCCCCC/C=C(\C)C(O)[C@@H](C)C(=O)N1CCC[C@H]1C(=O)O[C@@H](C(=O)O[C@@H](C)C(=O)O)C(C)C. The van der Waals surface area contributed by atoms with Gasteiger partial charge in [0.25, 0.3) is 0 Å². The van der Waals surface area contributed by atoms with Crippen molar-refractivity contribution in [2.24, 2.45) is 11.8 Å². The average Bonchev–Trinajstić information content (AvgIpc) is 3.32. The summed E-state index contributed by atoms with van der Waals surface area (Å²) in [7, 11) is 0. The van der Waals surface area contributed by atoms with Crippen molar-refractivity contribution in [1.29, 1.82) is 0 Å². The Bertz CT molecular complexity index is 778. The van der Waals surface area contributed by atoms with Gasteiger partial charge in [0, 0.05) is 12.5 Å². The number of aliphatic hydroxyl groups excluding tert-OH is 1. The zero-order valence-electron chi connectivity index (χ0n) is 22.7. The lowest BCUT2D eigenvalue weighted by atomic mass is 9.95. The summed E-state index contributed by atoms with van der Waals surface area (Å²) in [6.07, 6.45) is 5.95. The lowest BCUT2D eigenvalue weighted by Gasteiger charge is -2.30. The third-order valence-corrected chi connectivity index (χ3v) is 6.63. The van der Waals surface area contributed by atoms with Gasteiger partial charge in [-0.2, -0.15) is 0 Å². The molecule has 1 unspecified atom stereocenters. The Hall–Kier alpha value is -2.42. The van der Waals surface area contributed by atoms with Gasteiger partial charge in [0.1, 0.15) is 6.04 Å². The highest BCUT2D eigenvalue weighted by Gasteiger charge is 2.41. The van der Waals surface area contributed by atoms with Crippen LogP contribution >= 0.6 is 0 Å². The van der Waals surface area contributed by atoms with Gasteiger partial charge in [-0.3, -0.25) is 4.79 Å². The van der Waals surface area contributed by atoms with E-state index in [1.165, 1.54) is 31.1 Å². The van der Waals surface area contributed by atoms with E-state index in [1.54, 1.807) is 20.8 Å². The van der Waals surface area contributed by atoms with Crippen LogP contribution in [0.4, 0.5) is 0 Å². The van der Waals surface area contributed by atoms with Crippen molar-refractivity contribution in [1.82, 2.24) is 4.90 Å². The quantitative estimate of drug-likeness (QED) is 0.192. The Morgan fingerprint density at radius 3 is 2.25 bits per heavy atom. The molecule has 0 saturated carbocycles. The standard InChI is InChI=1S/C27H45NO8/c1-7-8-9-10-11-12-14-18(4)22(29)19(5)24(30)28-16-13-15-21(28)26(33)36-23(17(2)3)27(34)35-20(6)25(31)32/h14,17,19-23,29H,7-13,15-16H2,1-6H3,(H,31,32)/b18-14+/t19-,20+,21+,22?,23-/m1/s1. The van der Waals surface area contributed by atoms with E-state index in [-0.39, 0.29) is 5.91 Å². The minimum absolute atomic E-state index is 0.346. The Kier molecular flexibility index (Phi) is 13.7. The van der Waals surface area contributed by atoms with Crippen molar-refractivity contribution in [2.75, 3.05) is 6.54 Å². The average molecular weight is 512 g/mol. The van der Waals surface area contributed by atoms with E-state index >= 15 is 0 Å². The Morgan fingerprint density at radius 2 is 1.67 bits per heavy atom. The number of aliphatic carboxylic acids is 1. The number of unbranched alkanes of at least 4 members (excludes halogenated alkanes) is 5. The van der Waals surface area contributed by atoms with Gasteiger partial charge in [0.2, 0.25) is 12.0 Å². The lowest BCUT2D eigenvalue weighted by Crippen LogP contribution is -2.48. The first-order valence-electron chi connectivity index (χ1n) is 13.2. The molecule has 9 heteroatoms. The number of carbonyl (C=O) groups excluding carboxylic acids is 3. The molecule has 0 spiro atoms. The number of hydrogen-bond donors (Lipinski definition) is 2. The van der Waals surface area contributed by atoms with Crippen LogP contribution in [0, 0.1) is 11.8 Å². The summed E-state index contributed by atoms with van der Waals surface area (Å²) in [4.78, 5) is 51.0. The third kappa shape index (κ3) is 9.56. The molecule has 0 aromatic rings. The number of esters is 2. The molecule has 1 aliphatic rings. The molecule has 9 nitrogen and oxygen atoms in total. The van der Waals surface area contributed by atoms with Crippen molar-refractivity contribution in [2.45, 2.75) is 117 Å². The summed E-state index contributed by atoms with van der Waals surface area (Å²) >= 11 is 0. The summed E-state index contributed by atoms with van der Waals surface area (Å²) in [6, 6.07) is -0.874. The van der Waals surface area contributed by atoms with E-state index in [1.807, 2.05) is 13.0 Å². The Balaban J connectivity index is 2.78. The summed E-state index contributed by atoms with van der Waals surface area (Å²) in [5, 5.41) is 19.7. The fourth-order valence-electron chi connectivity index (χ4n) is 4.22. The largest absolute Gasteiger partial charge is 0.479 e. The van der Waals surface area contributed by atoms with Crippen LogP contribution in [-0.2, 0) is 28.7 Å². The van der Waals surface area contributed by atoms with Crippen molar-refractivity contribution in [3.05, 3.63) is 11.6 Å². The van der Waals surface area contributed by atoms with Crippen LogP contribution in [0.25, 0.3) is 0 Å². The van der Waals surface area contributed by atoms with Crippen LogP contribution in [0.5, 0.6) is 0 Å². The molecule has 0 radical (unpaired) electrons. The number of nitrogens with zero attached hydrogens (tertiary/aromatic N) is 1. The number of ether oxygens (including phenoxy) is 2. The molecule has 36 heavy (non-hydrogen) atoms. The highest BCUT2D eigenvalue weighted by molar-refractivity contribution is 5.88. The van der Waals surface area contributed by atoms with E-state index < -0.39 is 54.1 Å². The molecule has 0 aromatic heterocycles. The monoisotopic (exact) mass is 511 g/mol. The number of carboxylic acids is 1. The molecule has 0 aliphatic carbocycles. The van der Waals surface area contributed by atoms with Crippen LogP contribution < -0.4 is 0 Å². The normalized spacial score (nSPS) is 19.5. The number of rotatable bonds is 15. The van der Waals surface area contributed by atoms with Gasteiger partial charge < -0.3 is 24.6 Å². The first-order chi connectivity index (χ1) is 16.9. The van der Waals surface area contributed by atoms with E-state index in [4.69, 9.17) is 14.6 Å². The molecule has 1 amide bonds. The molecule has 1 rings (SSSR count). The minimum Gasteiger partial charge on any atom is -0.479 e. The minimum atomic E-state index is -1.38. The van der Waals surface area contributed by atoms with Crippen LogP contribution in [0.2, 0.25) is 0 Å². The zero-order valence-corrected chi connectivity index (χ0v) is 22.7. The number of likely N-dealkylation sites (tertiary alicyclic amines) is 1. The van der Waals surface area contributed by atoms with Gasteiger partial charge in [0.05, 0.1) is 12.0 Å². The van der Waals surface area contributed by atoms with Gasteiger partial charge in [0.15, 0.2) is 6.10 Å². The maximum Gasteiger partial charge on any atom is 0.348 e. The number of hydrogen-bond acceptors (Lipinski definition) is 7. The maximum absolute atomic E-state index is 13.2. The molecule has 1 fully saturated rings. The fraction of sp³-hybridized carbons (Fsp3) is 0.778.